The molecule has 0 aliphatic heterocycles. The Morgan fingerprint density at radius 1 is 1.03 bits per heavy atom. The highest BCUT2D eigenvalue weighted by molar-refractivity contribution is 6.03. The average Bonchev–Trinajstić information content (AvgIpc) is 3.16. The smallest absolute Gasteiger partial charge is 0.263 e. The zero-order valence-electron chi connectivity index (χ0n) is 18.4. The Hall–Kier alpha value is -3.61. The number of nitrogens with one attached hydrogen (secondary N) is 1. The van der Waals surface area contributed by atoms with Crippen molar-refractivity contribution in [2.45, 2.75) is 27.7 Å². The minimum atomic E-state index is -0.370. The second-order valence-corrected chi connectivity index (χ2v) is 7.29. The fourth-order valence-electron chi connectivity index (χ4n) is 3.40. The van der Waals surface area contributed by atoms with Gasteiger partial charge in [-0.3, -0.25) is 9.59 Å². The van der Waals surface area contributed by atoms with Crippen molar-refractivity contribution in [3.63, 3.8) is 0 Å². The molecule has 3 aromatic rings. The van der Waals surface area contributed by atoms with E-state index < -0.39 is 0 Å². The van der Waals surface area contributed by atoms with E-state index in [2.05, 4.69) is 10.4 Å². The van der Waals surface area contributed by atoms with Crippen molar-refractivity contribution < 1.29 is 14.3 Å². The lowest BCUT2D eigenvalue weighted by Crippen LogP contribution is -2.31. The lowest BCUT2D eigenvalue weighted by atomic mass is 10.1. The number of nitrogens with zero attached hydrogens (tertiary/aromatic N) is 3. The Bertz CT molecular complexity index is 1040. The lowest BCUT2D eigenvalue weighted by molar-refractivity contribution is -0.118. The Morgan fingerprint density at radius 3 is 2.29 bits per heavy atom. The fraction of sp³-hybridized carbons (Fsp3) is 0.292. The first kappa shape index (κ1) is 22.1. The van der Waals surface area contributed by atoms with Gasteiger partial charge in [0.2, 0.25) is 0 Å². The number of anilines is 1. The molecule has 2 amide bonds. The molecule has 0 bridgehead atoms. The van der Waals surface area contributed by atoms with Crippen LogP contribution in [0.15, 0.2) is 54.7 Å². The molecule has 1 N–H and O–H groups in total. The van der Waals surface area contributed by atoms with E-state index in [1.165, 1.54) is 6.20 Å². The molecule has 0 spiro atoms. The number of carbonyl (C=O) groups excluding carboxylic acids is 2. The summed E-state index contributed by atoms with van der Waals surface area (Å²) in [5.41, 5.74) is 3.20. The molecule has 1 heterocycles. The van der Waals surface area contributed by atoms with Gasteiger partial charge in [0.1, 0.15) is 17.1 Å². The number of benzene rings is 2. The van der Waals surface area contributed by atoms with Crippen LogP contribution in [0, 0.1) is 13.8 Å². The maximum atomic E-state index is 13.0. The van der Waals surface area contributed by atoms with Crippen LogP contribution in [0.5, 0.6) is 5.75 Å². The van der Waals surface area contributed by atoms with Crippen molar-refractivity contribution in [1.82, 2.24) is 14.7 Å². The van der Waals surface area contributed by atoms with E-state index in [0.29, 0.717) is 30.2 Å². The van der Waals surface area contributed by atoms with Crippen LogP contribution < -0.4 is 10.1 Å². The van der Waals surface area contributed by atoms with Crippen LogP contribution in [-0.4, -0.2) is 46.2 Å². The summed E-state index contributed by atoms with van der Waals surface area (Å²) in [5.74, 6) is 0.406. The van der Waals surface area contributed by atoms with Crippen molar-refractivity contribution in [1.29, 1.82) is 0 Å². The maximum Gasteiger partial charge on any atom is 0.263 e. The van der Waals surface area contributed by atoms with E-state index in [9.17, 15) is 9.59 Å². The van der Waals surface area contributed by atoms with Gasteiger partial charge in [-0.1, -0.05) is 24.3 Å². The van der Waals surface area contributed by atoms with Gasteiger partial charge in [-0.15, -0.1) is 0 Å². The number of carbonyl (C=O) groups is 2. The van der Waals surface area contributed by atoms with Gasteiger partial charge in [-0.25, -0.2) is 4.68 Å². The highest BCUT2D eigenvalue weighted by Gasteiger charge is 2.23. The lowest BCUT2D eigenvalue weighted by Gasteiger charge is -2.19. The molecule has 7 nitrogen and oxygen atoms in total. The number of para-hydroxylation sites is 1. The second-order valence-electron chi connectivity index (χ2n) is 7.29. The SMILES string of the molecule is CCN(CC)C(=O)c1cnn(-c2ccccc2)c1NC(=O)COc1cc(C)cc(C)c1. The number of amides is 2. The van der Waals surface area contributed by atoms with Gasteiger partial charge in [0.15, 0.2) is 6.61 Å². The Balaban J connectivity index is 1.85. The first-order valence-corrected chi connectivity index (χ1v) is 10.4. The number of hydrogen-bond donors (Lipinski definition) is 1. The summed E-state index contributed by atoms with van der Waals surface area (Å²) >= 11 is 0. The van der Waals surface area contributed by atoms with Gasteiger partial charge in [0.25, 0.3) is 11.8 Å². The zero-order valence-corrected chi connectivity index (χ0v) is 18.4. The normalized spacial score (nSPS) is 10.6. The van der Waals surface area contributed by atoms with Crippen molar-refractivity contribution in [3.05, 3.63) is 71.4 Å². The van der Waals surface area contributed by atoms with Crippen molar-refractivity contribution in [3.8, 4) is 11.4 Å². The monoisotopic (exact) mass is 420 g/mol. The summed E-state index contributed by atoms with van der Waals surface area (Å²) in [5, 5.41) is 7.20. The van der Waals surface area contributed by atoms with E-state index in [1.54, 1.807) is 9.58 Å². The van der Waals surface area contributed by atoms with E-state index in [0.717, 1.165) is 16.8 Å². The quantitative estimate of drug-likeness (QED) is 0.598. The molecule has 7 heteroatoms. The van der Waals surface area contributed by atoms with Crippen LogP contribution in [0.1, 0.15) is 35.3 Å². The standard InChI is InChI=1S/C24H28N4O3/c1-5-27(6-2)24(30)21-15-25-28(19-10-8-7-9-11-19)23(21)26-22(29)16-31-20-13-17(3)12-18(4)14-20/h7-15H,5-6,16H2,1-4H3,(H,26,29). The third kappa shape index (κ3) is 5.31. The predicted octanol–water partition coefficient (Wildman–Crippen LogP) is 3.99. The highest BCUT2D eigenvalue weighted by Crippen LogP contribution is 2.22. The molecule has 0 saturated heterocycles. The molecule has 0 radical (unpaired) electrons. The summed E-state index contributed by atoms with van der Waals surface area (Å²) in [6.07, 6.45) is 1.49. The Labute approximate surface area is 182 Å². The molecule has 3 rings (SSSR count). The molecule has 0 fully saturated rings. The van der Waals surface area contributed by atoms with Crippen molar-refractivity contribution in [2.75, 3.05) is 25.0 Å². The topological polar surface area (TPSA) is 76.5 Å². The number of aryl methyl sites for hydroxylation is 2. The van der Waals surface area contributed by atoms with E-state index >= 15 is 0 Å². The summed E-state index contributed by atoms with van der Waals surface area (Å²) in [6, 6.07) is 15.2. The number of aromatic nitrogens is 2. The predicted molar refractivity (Wildman–Crippen MR) is 121 cm³/mol. The van der Waals surface area contributed by atoms with E-state index in [-0.39, 0.29) is 18.4 Å². The molecule has 31 heavy (non-hydrogen) atoms. The Kier molecular flexibility index (Phi) is 7.07. The minimum Gasteiger partial charge on any atom is -0.484 e. The van der Waals surface area contributed by atoms with Gasteiger partial charge in [0, 0.05) is 13.1 Å². The summed E-state index contributed by atoms with van der Waals surface area (Å²) in [6.45, 7) is 8.73. The van der Waals surface area contributed by atoms with Crippen LogP contribution in [0.2, 0.25) is 0 Å². The van der Waals surface area contributed by atoms with Crippen LogP contribution in [0.3, 0.4) is 0 Å². The van der Waals surface area contributed by atoms with E-state index in [1.807, 2.05) is 76.2 Å². The third-order valence-electron chi connectivity index (χ3n) is 4.87. The number of rotatable bonds is 8. The van der Waals surface area contributed by atoms with Crippen LogP contribution in [-0.2, 0) is 4.79 Å². The fourth-order valence-corrected chi connectivity index (χ4v) is 3.40. The largest absolute Gasteiger partial charge is 0.484 e. The molecule has 0 atom stereocenters. The molecule has 0 saturated carbocycles. The van der Waals surface area contributed by atoms with Gasteiger partial charge in [-0.05, 0) is 63.1 Å². The average molecular weight is 421 g/mol. The molecule has 1 aromatic heterocycles. The van der Waals surface area contributed by atoms with Gasteiger partial charge in [0.05, 0.1) is 11.9 Å². The zero-order chi connectivity index (χ0) is 22.4. The molecule has 0 unspecified atom stereocenters. The Morgan fingerprint density at radius 2 is 1.68 bits per heavy atom. The molecule has 0 aliphatic carbocycles. The summed E-state index contributed by atoms with van der Waals surface area (Å²) in [4.78, 5) is 27.4. The van der Waals surface area contributed by atoms with Crippen LogP contribution >= 0.6 is 0 Å². The number of ether oxygens (including phenoxy) is 1. The molecular formula is C24H28N4O3. The van der Waals surface area contributed by atoms with Crippen molar-refractivity contribution >= 4 is 17.6 Å². The first-order valence-electron chi connectivity index (χ1n) is 10.4. The van der Waals surface area contributed by atoms with Crippen LogP contribution in [0.4, 0.5) is 5.82 Å². The van der Waals surface area contributed by atoms with E-state index in [4.69, 9.17) is 4.74 Å². The third-order valence-corrected chi connectivity index (χ3v) is 4.87. The summed E-state index contributed by atoms with van der Waals surface area (Å²) < 4.78 is 7.24. The minimum absolute atomic E-state index is 0.179. The maximum absolute atomic E-state index is 13.0. The molecule has 0 aliphatic rings. The van der Waals surface area contributed by atoms with Crippen molar-refractivity contribution in [2.24, 2.45) is 0 Å². The second kappa shape index (κ2) is 9.93. The summed E-state index contributed by atoms with van der Waals surface area (Å²) in [7, 11) is 0. The highest BCUT2D eigenvalue weighted by atomic mass is 16.5. The van der Waals surface area contributed by atoms with Gasteiger partial charge < -0.3 is 15.0 Å². The van der Waals surface area contributed by atoms with Gasteiger partial charge >= 0.3 is 0 Å². The number of hydrogen-bond acceptors (Lipinski definition) is 4. The molecule has 162 valence electrons. The van der Waals surface area contributed by atoms with Gasteiger partial charge in [-0.2, -0.15) is 5.10 Å². The first-order chi connectivity index (χ1) is 14.9. The molecule has 2 aromatic carbocycles. The molecular weight excluding hydrogens is 392 g/mol. The van der Waals surface area contributed by atoms with Crippen LogP contribution in [0.25, 0.3) is 5.69 Å².